The van der Waals surface area contributed by atoms with Crippen molar-refractivity contribution in [3.8, 4) is 0 Å². The minimum Gasteiger partial charge on any atom is -0.444 e. The van der Waals surface area contributed by atoms with Gasteiger partial charge < -0.3 is 26.0 Å². The topological polar surface area (TPSA) is 151 Å². The molecule has 0 radical (unpaired) electrons. The van der Waals surface area contributed by atoms with Crippen LogP contribution in [-0.4, -0.2) is 76.0 Å². The van der Waals surface area contributed by atoms with Crippen LogP contribution in [-0.2, 0) is 37.0 Å². The van der Waals surface area contributed by atoms with Crippen molar-refractivity contribution in [2.75, 3.05) is 6.54 Å². The predicted molar refractivity (Wildman–Crippen MR) is 154 cm³/mol. The van der Waals surface area contributed by atoms with Crippen molar-refractivity contribution in [1.82, 2.24) is 20.4 Å². The van der Waals surface area contributed by atoms with Crippen molar-refractivity contribution < 1.29 is 41.9 Å². The highest BCUT2D eigenvalue weighted by Crippen LogP contribution is 2.45. The van der Waals surface area contributed by atoms with Gasteiger partial charge in [-0.15, -0.1) is 0 Å². The van der Waals surface area contributed by atoms with Gasteiger partial charge >= 0.3 is 12.3 Å². The van der Waals surface area contributed by atoms with Crippen LogP contribution in [0.4, 0.5) is 18.0 Å². The van der Waals surface area contributed by atoms with E-state index in [4.69, 9.17) is 10.5 Å². The number of fused-ring (bicyclic) bond motifs is 3. The Kier molecular flexibility index (Phi) is 9.40. The molecule has 4 N–H and O–H groups in total. The summed E-state index contributed by atoms with van der Waals surface area (Å²) in [6.07, 6.45) is -1.49. The maximum Gasteiger partial charge on any atom is 0.410 e. The first kappa shape index (κ1) is 32.3. The largest absolute Gasteiger partial charge is 0.444 e. The van der Waals surface area contributed by atoms with E-state index in [9.17, 15) is 37.1 Å². The lowest BCUT2D eigenvalue weighted by atomic mass is 10.0. The molecule has 3 heterocycles. The third-order valence-electron chi connectivity index (χ3n) is 9.02. The molecule has 0 spiro atoms. The lowest BCUT2D eigenvalue weighted by Crippen LogP contribution is -2.57. The van der Waals surface area contributed by atoms with Gasteiger partial charge in [-0.2, -0.15) is 13.2 Å². The molecule has 244 valence electrons. The van der Waals surface area contributed by atoms with Crippen molar-refractivity contribution in [2.24, 2.45) is 11.7 Å². The van der Waals surface area contributed by atoms with E-state index in [1.807, 2.05) is 36.4 Å². The van der Waals surface area contributed by atoms with Gasteiger partial charge in [-0.1, -0.05) is 49.3 Å². The molecule has 2 fully saturated rings. The summed E-state index contributed by atoms with van der Waals surface area (Å²) in [5.74, 6) is -3.28. The Hall–Kier alpha value is -4.10. The summed E-state index contributed by atoms with van der Waals surface area (Å²) in [5, 5.41) is 5.19. The average molecular weight is 634 g/mol. The zero-order chi connectivity index (χ0) is 32.4. The second kappa shape index (κ2) is 13.1. The monoisotopic (exact) mass is 633 g/mol. The molecule has 1 aromatic carbocycles. The number of hydrogen-bond donors (Lipinski definition) is 3. The predicted octanol–water partition coefficient (Wildman–Crippen LogP) is 2.82. The summed E-state index contributed by atoms with van der Waals surface area (Å²) in [5.41, 5.74) is 6.35. The molecule has 11 nitrogen and oxygen atoms in total. The summed E-state index contributed by atoms with van der Waals surface area (Å²) in [4.78, 5) is 68.4. The molecule has 3 aliphatic heterocycles. The van der Waals surface area contributed by atoms with Gasteiger partial charge in [0.2, 0.25) is 23.6 Å². The van der Waals surface area contributed by atoms with Gasteiger partial charge in [0.25, 0.3) is 0 Å². The van der Waals surface area contributed by atoms with Gasteiger partial charge in [0.15, 0.2) is 0 Å². The maximum atomic E-state index is 13.9. The van der Waals surface area contributed by atoms with Crippen molar-refractivity contribution >= 4 is 29.7 Å². The van der Waals surface area contributed by atoms with Crippen molar-refractivity contribution in [3.05, 3.63) is 47.5 Å². The number of benzene rings is 1. The first-order valence-corrected chi connectivity index (χ1v) is 15.3. The number of allylic oxidation sites excluding steroid dienone is 1. The minimum atomic E-state index is -4.54. The zero-order valence-electron chi connectivity index (χ0n) is 24.8. The molecule has 0 unspecified atom stereocenters. The number of amides is 5. The molecule has 45 heavy (non-hydrogen) atoms. The standard InChI is InChI=1S/C31H38F3N5O6/c32-31(33,34)13-12-25(40)36-23-11-5-3-1-2-4-10-21-15-30(21,28(35)43)37-26(41)24-14-22(18-39(24)27(23)42)45-29(44)38-16-19-8-6-7-9-20(19)17-38/h4,6-10,21-24H,1-3,5,11-18H2,(H2,35,43)(H,36,40)(H,37,41)/b10-4-/t21-,22-,23+,24+,30-/m1/s1. The molecule has 5 amide bonds. The quantitative estimate of drug-likeness (QED) is 0.425. The number of primary amides is 1. The molecule has 5 rings (SSSR count). The molecule has 1 saturated heterocycles. The molecule has 0 aromatic heterocycles. The average Bonchev–Trinajstić information content (AvgIpc) is 3.30. The van der Waals surface area contributed by atoms with Crippen LogP contribution in [0.15, 0.2) is 36.4 Å². The third kappa shape index (κ3) is 7.59. The van der Waals surface area contributed by atoms with Gasteiger partial charge in [-0.05, 0) is 36.8 Å². The molecule has 1 saturated carbocycles. The van der Waals surface area contributed by atoms with Crippen LogP contribution < -0.4 is 16.4 Å². The smallest absolute Gasteiger partial charge is 0.410 e. The number of halogens is 3. The Morgan fingerprint density at radius 3 is 2.47 bits per heavy atom. The van der Waals surface area contributed by atoms with Crippen LogP contribution in [0.3, 0.4) is 0 Å². The molecule has 1 aromatic rings. The number of nitrogens with zero attached hydrogens (tertiary/aromatic N) is 2. The number of rotatable bonds is 5. The first-order valence-electron chi connectivity index (χ1n) is 15.3. The lowest BCUT2D eigenvalue weighted by molar-refractivity contribution is -0.146. The summed E-state index contributed by atoms with van der Waals surface area (Å²) < 4.78 is 44.1. The number of carbonyl (C=O) groups excluding carboxylic acids is 5. The molecule has 0 bridgehead atoms. The molecular formula is C31H38F3N5O6. The van der Waals surface area contributed by atoms with E-state index >= 15 is 0 Å². The van der Waals surface area contributed by atoms with Crippen molar-refractivity contribution in [3.63, 3.8) is 0 Å². The SMILES string of the molecule is NC(=O)[C@@]12C[C@H]1/C=C\CCCCC[C@H](NC(=O)CCC(F)(F)F)C(=O)N1C[C@H](OC(=O)N3Cc4ccccc4C3)C[C@H]1C(=O)N2. The van der Waals surface area contributed by atoms with E-state index in [2.05, 4.69) is 10.6 Å². The van der Waals surface area contributed by atoms with E-state index in [0.29, 0.717) is 38.8 Å². The summed E-state index contributed by atoms with van der Waals surface area (Å²) >= 11 is 0. The summed E-state index contributed by atoms with van der Waals surface area (Å²) in [6.45, 7) is 0.512. The van der Waals surface area contributed by atoms with E-state index in [-0.39, 0.29) is 25.3 Å². The Labute approximate surface area is 258 Å². The van der Waals surface area contributed by atoms with Crippen LogP contribution in [0.25, 0.3) is 0 Å². The zero-order valence-corrected chi connectivity index (χ0v) is 24.8. The molecule has 14 heteroatoms. The minimum absolute atomic E-state index is 0.0752. The Morgan fingerprint density at radius 2 is 1.80 bits per heavy atom. The number of hydrogen-bond acceptors (Lipinski definition) is 6. The molecular weight excluding hydrogens is 595 g/mol. The highest BCUT2D eigenvalue weighted by atomic mass is 19.4. The third-order valence-corrected chi connectivity index (χ3v) is 9.02. The van der Waals surface area contributed by atoms with E-state index in [1.165, 1.54) is 9.80 Å². The number of nitrogens with two attached hydrogens (primary N) is 1. The summed E-state index contributed by atoms with van der Waals surface area (Å²) in [6, 6.07) is 5.21. The fraction of sp³-hybridized carbons (Fsp3) is 0.581. The second-order valence-electron chi connectivity index (χ2n) is 12.3. The summed E-state index contributed by atoms with van der Waals surface area (Å²) in [7, 11) is 0. The number of alkyl halides is 3. The molecule has 5 atom stereocenters. The van der Waals surface area contributed by atoms with Gasteiger partial charge in [0.1, 0.15) is 23.7 Å². The van der Waals surface area contributed by atoms with Crippen LogP contribution in [0.5, 0.6) is 0 Å². The normalized spacial score (nSPS) is 29.3. The highest BCUT2D eigenvalue weighted by molar-refractivity contribution is 5.98. The highest BCUT2D eigenvalue weighted by Gasteiger charge is 2.60. The van der Waals surface area contributed by atoms with Crippen molar-refractivity contribution in [1.29, 1.82) is 0 Å². The van der Waals surface area contributed by atoms with E-state index in [1.54, 1.807) is 0 Å². The van der Waals surface area contributed by atoms with E-state index < -0.39 is 72.5 Å². The number of carbonyl (C=O) groups is 5. The Morgan fingerprint density at radius 1 is 1.09 bits per heavy atom. The number of nitrogens with one attached hydrogen (secondary N) is 2. The van der Waals surface area contributed by atoms with Gasteiger partial charge in [-0.3, -0.25) is 24.1 Å². The second-order valence-corrected chi connectivity index (χ2v) is 12.3. The van der Waals surface area contributed by atoms with Crippen LogP contribution in [0.2, 0.25) is 0 Å². The van der Waals surface area contributed by atoms with Gasteiger partial charge in [0, 0.05) is 31.8 Å². The van der Waals surface area contributed by atoms with Crippen LogP contribution in [0.1, 0.15) is 68.9 Å². The fourth-order valence-corrected chi connectivity index (χ4v) is 6.39. The Balaban J connectivity index is 1.35. The van der Waals surface area contributed by atoms with Gasteiger partial charge in [0.05, 0.1) is 13.0 Å². The maximum absolute atomic E-state index is 13.9. The molecule has 1 aliphatic carbocycles. The number of ether oxygens (including phenoxy) is 1. The lowest BCUT2D eigenvalue weighted by Gasteiger charge is -2.29. The van der Waals surface area contributed by atoms with Crippen LogP contribution in [0, 0.1) is 5.92 Å². The van der Waals surface area contributed by atoms with Crippen LogP contribution >= 0.6 is 0 Å². The molecule has 4 aliphatic rings. The van der Waals surface area contributed by atoms with E-state index in [0.717, 1.165) is 17.5 Å². The Bertz CT molecular complexity index is 1340. The first-order chi connectivity index (χ1) is 21.4. The van der Waals surface area contributed by atoms with Gasteiger partial charge in [-0.25, -0.2) is 4.79 Å². The van der Waals surface area contributed by atoms with Crippen molar-refractivity contribution in [2.45, 2.75) is 101 Å². The fourth-order valence-electron chi connectivity index (χ4n) is 6.39.